The van der Waals surface area contributed by atoms with Gasteiger partial charge in [-0.2, -0.15) is 0 Å². The lowest BCUT2D eigenvalue weighted by atomic mass is 10.1. The molecule has 26 heavy (non-hydrogen) atoms. The van der Waals surface area contributed by atoms with Crippen molar-refractivity contribution >= 4 is 34.1 Å². The lowest BCUT2D eigenvalue weighted by Gasteiger charge is -2.24. The molecule has 134 valence electrons. The number of rotatable bonds is 4. The molecule has 0 bridgehead atoms. The SMILES string of the molecule is COc1ccc(Cl)c2ccc(Nc3cc(C4CNCCO4)ccn3)nc12. The van der Waals surface area contributed by atoms with Gasteiger partial charge in [0.05, 0.1) is 24.8 Å². The minimum absolute atomic E-state index is 0.0377. The molecule has 6 nitrogen and oxygen atoms in total. The zero-order valence-corrected chi connectivity index (χ0v) is 15.1. The molecule has 0 spiro atoms. The number of pyridine rings is 2. The highest BCUT2D eigenvalue weighted by Gasteiger charge is 2.16. The second kappa shape index (κ2) is 7.45. The van der Waals surface area contributed by atoms with Crippen molar-refractivity contribution in [3.05, 3.63) is 53.2 Å². The molecule has 1 aliphatic rings. The van der Waals surface area contributed by atoms with Crippen LogP contribution in [0.25, 0.3) is 10.9 Å². The molecular weight excluding hydrogens is 352 g/mol. The van der Waals surface area contributed by atoms with E-state index in [0.29, 0.717) is 34.5 Å². The molecular formula is C19H19ClN4O2. The van der Waals surface area contributed by atoms with Gasteiger partial charge >= 0.3 is 0 Å². The Hall–Kier alpha value is -2.41. The number of nitrogens with zero attached hydrogens (tertiary/aromatic N) is 2. The Labute approximate surface area is 156 Å². The van der Waals surface area contributed by atoms with Crippen LogP contribution in [0.15, 0.2) is 42.6 Å². The van der Waals surface area contributed by atoms with Crippen molar-refractivity contribution in [3.63, 3.8) is 0 Å². The van der Waals surface area contributed by atoms with Gasteiger partial charge in [-0.1, -0.05) is 11.6 Å². The van der Waals surface area contributed by atoms with Crippen molar-refractivity contribution in [1.29, 1.82) is 0 Å². The summed E-state index contributed by atoms with van der Waals surface area (Å²) in [4.78, 5) is 9.03. The number of aromatic nitrogens is 2. The molecule has 0 amide bonds. The first-order valence-electron chi connectivity index (χ1n) is 8.43. The number of methoxy groups -OCH3 is 1. The largest absolute Gasteiger partial charge is 0.494 e. The smallest absolute Gasteiger partial charge is 0.145 e. The van der Waals surface area contributed by atoms with Gasteiger partial charge in [-0.25, -0.2) is 9.97 Å². The molecule has 0 aliphatic carbocycles. The Bertz CT molecular complexity index is 929. The number of hydrogen-bond donors (Lipinski definition) is 2. The van der Waals surface area contributed by atoms with Crippen molar-refractivity contribution in [3.8, 4) is 5.75 Å². The van der Waals surface area contributed by atoms with Crippen molar-refractivity contribution in [2.24, 2.45) is 0 Å². The van der Waals surface area contributed by atoms with Crippen molar-refractivity contribution in [2.45, 2.75) is 6.10 Å². The molecule has 1 fully saturated rings. The fourth-order valence-corrected chi connectivity index (χ4v) is 3.23. The van der Waals surface area contributed by atoms with Crippen LogP contribution in [0.5, 0.6) is 5.75 Å². The molecule has 3 aromatic rings. The van der Waals surface area contributed by atoms with E-state index in [1.807, 2.05) is 30.3 Å². The number of morpholine rings is 1. The van der Waals surface area contributed by atoms with E-state index in [9.17, 15) is 0 Å². The molecule has 2 N–H and O–H groups in total. The van der Waals surface area contributed by atoms with Gasteiger partial charge in [-0.3, -0.25) is 0 Å². The predicted octanol–water partition coefficient (Wildman–Crippen LogP) is 3.70. The molecule has 1 aromatic carbocycles. The van der Waals surface area contributed by atoms with Gasteiger partial charge in [0.25, 0.3) is 0 Å². The van der Waals surface area contributed by atoms with Gasteiger partial charge in [0, 0.05) is 24.7 Å². The summed E-state index contributed by atoms with van der Waals surface area (Å²) in [6, 6.07) is 11.4. The predicted molar refractivity (Wildman–Crippen MR) is 102 cm³/mol. The Balaban J connectivity index is 1.63. The molecule has 4 rings (SSSR count). The van der Waals surface area contributed by atoms with Crippen LogP contribution in [-0.2, 0) is 4.74 Å². The van der Waals surface area contributed by atoms with E-state index in [4.69, 9.17) is 21.1 Å². The number of hydrogen-bond acceptors (Lipinski definition) is 6. The van der Waals surface area contributed by atoms with Gasteiger partial charge in [0.15, 0.2) is 0 Å². The molecule has 1 aliphatic heterocycles. The number of nitrogens with one attached hydrogen (secondary N) is 2. The van der Waals surface area contributed by atoms with Crippen molar-refractivity contribution in [2.75, 3.05) is 32.1 Å². The molecule has 2 aromatic heterocycles. The number of ether oxygens (including phenoxy) is 2. The molecule has 1 saturated heterocycles. The summed E-state index contributed by atoms with van der Waals surface area (Å²) in [5.41, 5.74) is 1.79. The lowest BCUT2D eigenvalue weighted by molar-refractivity contribution is 0.0277. The fraction of sp³-hybridized carbons (Fsp3) is 0.263. The maximum absolute atomic E-state index is 6.26. The summed E-state index contributed by atoms with van der Waals surface area (Å²) in [5.74, 6) is 2.06. The topological polar surface area (TPSA) is 68.3 Å². The second-order valence-electron chi connectivity index (χ2n) is 6.01. The third-order valence-corrected chi connectivity index (χ3v) is 4.66. The first-order chi connectivity index (χ1) is 12.7. The normalized spacial score (nSPS) is 17.2. The van der Waals surface area contributed by atoms with Crippen LogP contribution in [-0.4, -0.2) is 36.8 Å². The summed E-state index contributed by atoms with van der Waals surface area (Å²) in [6.45, 7) is 2.40. The number of anilines is 2. The number of benzene rings is 1. The summed E-state index contributed by atoms with van der Waals surface area (Å²) in [7, 11) is 1.62. The van der Waals surface area contributed by atoms with Crippen molar-refractivity contribution in [1.82, 2.24) is 15.3 Å². The Morgan fingerprint density at radius 1 is 1.23 bits per heavy atom. The minimum Gasteiger partial charge on any atom is -0.494 e. The fourth-order valence-electron chi connectivity index (χ4n) is 3.02. The maximum atomic E-state index is 6.26. The molecule has 0 saturated carbocycles. The zero-order chi connectivity index (χ0) is 17.9. The average Bonchev–Trinajstić information content (AvgIpc) is 2.69. The van der Waals surface area contributed by atoms with Gasteiger partial charge in [-0.05, 0) is 42.0 Å². The number of halogens is 1. The van der Waals surface area contributed by atoms with Crippen LogP contribution in [0, 0.1) is 0 Å². The van der Waals surface area contributed by atoms with Crippen LogP contribution in [0.3, 0.4) is 0 Å². The van der Waals surface area contributed by atoms with E-state index in [1.165, 1.54) is 0 Å². The number of fused-ring (bicyclic) bond motifs is 1. The van der Waals surface area contributed by atoms with Gasteiger partial charge in [-0.15, -0.1) is 0 Å². The van der Waals surface area contributed by atoms with Gasteiger partial charge < -0.3 is 20.1 Å². The molecule has 1 unspecified atom stereocenters. The highest BCUT2D eigenvalue weighted by atomic mass is 35.5. The van der Waals surface area contributed by atoms with E-state index in [2.05, 4.69) is 20.6 Å². The maximum Gasteiger partial charge on any atom is 0.145 e. The van der Waals surface area contributed by atoms with Crippen LogP contribution < -0.4 is 15.4 Å². The third kappa shape index (κ3) is 3.44. The van der Waals surface area contributed by atoms with E-state index in [0.717, 1.165) is 24.0 Å². The molecule has 1 atom stereocenters. The Morgan fingerprint density at radius 3 is 2.96 bits per heavy atom. The highest BCUT2D eigenvalue weighted by molar-refractivity contribution is 6.35. The summed E-state index contributed by atoms with van der Waals surface area (Å²) in [6.07, 6.45) is 1.81. The Morgan fingerprint density at radius 2 is 2.15 bits per heavy atom. The van der Waals surface area contributed by atoms with Gasteiger partial charge in [0.1, 0.15) is 22.9 Å². The average molecular weight is 371 g/mol. The van der Waals surface area contributed by atoms with E-state index >= 15 is 0 Å². The highest BCUT2D eigenvalue weighted by Crippen LogP contribution is 2.31. The summed E-state index contributed by atoms with van der Waals surface area (Å²) < 4.78 is 11.2. The third-order valence-electron chi connectivity index (χ3n) is 4.33. The van der Waals surface area contributed by atoms with Crippen LogP contribution >= 0.6 is 11.6 Å². The van der Waals surface area contributed by atoms with Crippen LogP contribution in [0.1, 0.15) is 11.7 Å². The van der Waals surface area contributed by atoms with Crippen molar-refractivity contribution < 1.29 is 9.47 Å². The molecule has 0 radical (unpaired) electrons. The van der Waals surface area contributed by atoms with E-state index in [1.54, 1.807) is 19.4 Å². The lowest BCUT2D eigenvalue weighted by Crippen LogP contribution is -2.33. The first-order valence-corrected chi connectivity index (χ1v) is 8.81. The first kappa shape index (κ1) is 17.0. The quantitative estimate of drug-likeness (QED) is 0.730. The Kier molecular flexibility index (Phi) is 4.88. The minimum atomic E-state index is 0.0377. The summed E-state index contributed by atoms with van der Waals surface area (Å²) in [5, 5.41) is 8.07. The standard InChI is InChI=1S/C19H19ClN4O2/c1-25-15-4-3-14(20)13-2-5-17(24-19(13)15)23-18-10-12(6-7-22-18)16-11-21-8-9-26-16/h2-7,10,16,21H,8-9,11H2,1H3,(H,22,23,24). The van der Waals surface area contributed by atoms with E-state index < -0.39 is 0 Å². The van der Waals surface area contributed by atoms with Crippen LogP contribution in [0.2, 0.25) is 5.02 Å². The van der Waals surface area contributed by atoms with Gasteiger partial charge in [0.2, 0.25) is 0 Å². The van der Waals surface area contributed by atoms with Crippen LogP contribution in [0.4, 0.5) is 11.6 Å². The van der Waals surface area contributed by atoms with E-state index in [-0.39, 0.29) is 6.10 Å². The second-order valence-corrected chi connectivity index (χ2v) is 6.41. The zero-order valence-electron chi connectivity index (χ0n) is 14.3. The molecule has 7 heteroatoms. The summed E-state index contributed by atoms with van der Waals surface area (Å²) >= 11 is 6.26. The molecule has 3 heterocycles. The monoisotopic (exact) mass is 370 g/mol.